The third-order valence-electron chi connectivity index (χ3n) is 2.18. The number of hydrogen-bond donors (Lipinski definition) is 1. The monoisotopic (exact) mass is 245 g/mol. The minimum absolute atomic E-state index is 0.276. The van der Waals surface area contributed by atoms with Gasteiger partial charge in [-0.05, 0) is 12.1 Å². The van der Waals surface area contributed by atoms with E-state index in [2.05, 4.69) is 22.1 Å². The summed E-state index contributed by atoms with van der Waals surface area (Å²) < 4.78 is 10.9. The number of nitrogens with zero attached hydrogens (tertiary/aromatic N) is 2. The molecular weight excluding hydrogens is 230 g/mol. The minimum atomic E-state index is 0.276. The van der Waals surface area contributed by atoms with Crippen molar-refractivity contribution in [3.8, 4) is 5.75 Å². The van der Waals surface area contributed by atoms with Gasteiger partial charge in [0.2, 0.25) is 5.89 Å². The van der Waals surface area contributed by atoms with Gasteiger partial charge in [-0.25, -0.2) is 0 Å². The summed E-state index contributed by atoms with van der Waals surface area (Å²) in [5.41, 5.74) is 0. The molecule has 2 aromatic rings. The Morgan fingerprint density at radius 1 is 1.22 bits per heavy atom. The van der Waals surface area contributed by atoms with Crippen LogP contribution in [0, 0.1) is 0 Å². The van der Waals surface area contributed by atoms with Gasteiger partial charge >= 0.3 is 0 Å². The third-order valence-corrected chi connectivity index (χ3v) is 2.18. The smallest absolute Gasteiger partial charge is 0.253 e. The highest BCUT2D eigenvalue weighted by molar-refractivity contribution is 5.20. The lowest BCUT2D eigenvalue weighted by molar-refractivity contribution is 0.258. The molecule has 0 atom stereocenters. The quantitative estimate of drug-likeness (QED) is 0.596. The van der Waals surface area contributed by atoms with Gasteiger partial charge in [0, 0.05) is 6.54 Å². The van der Waals surface area contributed by atoms with Crippen LogP contribution in [0.1, 0.15) is 11.8 Å². The van der Waals surface area contributed by atoms with Gasteiger partial charge in [0.15, 0.2) is 6.61 Å². The second-order valence-electron chi connectivity index (χ2n) is 3.61. The lowest BCUT2D eigenvalue weighted by Gasteiger charge is -2.01. The van der Waals surface area contributed by atoms with Gasteiger partial charge in [-0.3, -0.25) is 0 Å². The van der Waals surface area contributed by atoms with Crippen molar-refractivity contribution in [1.82, 2.24) is 15.5 Å². The van der Waals surface area contributed by atoms with Crippen LogP contribution in [0.2, 0.25) is 0 Å². The van der Waals surface area contributed by atoms with Gasteiger partial charge in [-0.15, -0.1) is 16.8 Å². The van der Waals surface area contributed by atoms with E-state index in [1.165, 1.54) is 0 Å². The first-order chi connectivity index (χ1) is 8.88. The average molecular weight is 245 g/mol. The maximum atomic E-state index is 5.50. The van der Waals surface area contributed by atoms with E-state index in [9.17, 15) is 0 Å². The highest BCUT2D eigenvalue weighted by atomic mass is 16.5. The van der Waals surface area contributed by atoms with Crippen LogP contribution in [0.5, 0.6) is 5.75 Å². The van der Waals surface area contributed by atoms with E-state index in [-0.39, 0.29) is 6.61 Å². The molecule has 5 heteroatoms. The molecule has 1 aromatic carbocycles. The van der Waals surface area contributed by atoms with Crippen LogP contribution in [0.4, 0.5) is 0 Å². The fourth-order valence-corrected chi connectivity index (χ4v) is 1.36. The molecule has 18 heavy (non-hydrogen) atoms. The Morgan fingerprint density at radius 2 is 2.00 bits per heavy atom. The van der Waals surface area contributed by atoms with Crippen molar-refractivity contribution in [3.05, 3.63) is 54.8 Å². The van der Waals surface area contributed by atoms with Gasteiger partial charge < -0.3 is 14.5 Å². The standard InChI is InChI=1S/C13H15N3O2/c1-2-8-14-9-12-15-16-13(18-12)10-17-11-6-4-3-5-7-11/h2-7,14H,1,8-10H2. The Hall–Kier alpha value is -2.14. The summed E-state index contributed by atoms with van der Waals surface area (Å²) in [6.07, 6.45) is 1.77. The molecule has 0 saturated heterocycles. The number of ether oxygens (including phenoxy) is 1. The van der Waals surface area contributed by atoms with Gasteiger partial charge in [0.1, 0.15) is 5.75 Å². The molecule has 0 radical (unpaired) electrons. The molecule has 0 aliphatic carbocycles. The predicted octanol–water partition coefficient (Wildman–Crippen LogP) is 1.92. The van der Waals surface area contributed by atoms with Crippen LogP contribution >= 0.6 is 0 Å². The molecule has 1 N–H and O–H groups in total. The number of rotatable bonds is 7. The summed E-state index contributed by atoms with van der Waals surface area (Å²) in [5, 5.41) is 10.9. The average Bonchev–Trinajstić information content (AvgIpc) is 2.86. The maximum Gasteiger partial charge on any atom is 0.253 e. The third kappa shape index (κ3) is 3.71. The highest BCUT2D eigenvalue weighted by Crippen LogP contribution is 2.10. The van der Waals surface area contributed by atoms with Crippen molar-refractivity contribution >= 4 is 0 Å². The van der Waals surface area contributed by atoms with Crippen molar-refractivity contribution in [2.24, 2.45) is 0 Å². The van der Waals surface area contributed by atoms with Gasteiger partial charge in [0.05, 0.1) is 6.54 Å². The fourth-order valence-electron chi connectivity index (χ4n) is 1.36. The predicted molar refractivity (Wildman–Crippen MR) is 67.0 cm³/mol. The highest BCUT2D eigenvalue weighted by Gasteiger charge is 2.05. The summed E-state index contributed by atoms with van der Waals surface area (Å²) in [7, 11) is 0. The summed E-state index contributed by atoms with van der Waals surface area (Å²) >= 11 is 0. The molecule has 0 aliphatic heterocycles. The molecule has 94 valence electrons. The first-order valence-electron chi connectivity index (χ1n) is 5.69. The second-order valence-corrected chi connectivity index (χ2v) is 3.61. The van der Waals surface area contributed by atoms with Crippen LogP contribution < -0.4 is 10.1 Å². The molecule has 0 fully saturated rings. The maximum absolute atomic E-state index is 5.50. The zero-order valence-electron chi connectivity index (χ0n) is 10.0. The molecule has 0 saturated carbocycles. The molecule has 0 amide bonds. The molecule has 0 aliphatic rings. The van der Waals surface area contributed by atoms with Crippen LogP contribution in [-0.4, -0.2) is 16.7 Å². The van der Waals surface area contributed by atoms with E-state index >= 15 is 0 Å². The van der Waals surface area contributed by atoms with E-state index in [4.69, 9.17) is 9.15 Å². The number of aromatic nitrogens is 2. The van der Waals surface area contributed by atoms with Gasteiger partial charge in [-0.2, -0.15) is 0 Å². The Labute approximate surface area is 105 Å². The van der Waals surface area contributed by atoms with Crippen LogP contribution in [0.3, 0.4) is 0 Å². The Morgan fingerprint density at radius 3 is 2.78 bits per heavy atom. The Kier molecular flexibility index (Phi) is 4.49. The van der Waals surface area contributed by atoms with E-state index in [0.29, 0.717) is 24.9 Å². The largest absolute Gasteiger partial charge is 0.484 e. The molecule has 1 heterocycles. The van der Waals surface area contributed by atoms with Gasteiger partial charge in [-0.1, -0.05) is 24.3 Å². The summed E-state index contributed by atoms with van der Waals surface area (Å²) in [6.45, 7) is 5.13. The van der Waals surface area contributed by atoms with Crippen LogP contribution in [0.15, 0.2) is 47.4 Å². The number of benzene rings is 1. The van der Waals surface area contributed by atoms with Crippen molar-refractivity contribution in [1.29, 1.82) is 0 Å². The topological polar surface area (TPSA) is 60.2 Å². The Balaban J connectivity index is 1.81. The number of nitrogens with one attached hydrogen (secondary N) is 1. The Bertz CT molecular complexity index is 482. The molecule has 5 nitrogen and oxygen atoms in total. The first-order valence-corrected chi connectivity index (χ1v) is 5.69. The lowest BCUT2D eigenvalue weighted by Crippen LogP contribution is -2.12. The lowest BCUT2D eigenvalue weighted by atomic mass is 10.3. The zero-order chi connectivity index (χ0) is 12.6. The fraction of sp³-hybridized carbons (Fsp3) is 0.231. The molecule has 1 aromatic heterocycles. The number of para-hydroxylation sites is 1. The van der Waals surface area contributed by atoms with E-state index in [1.54, 1.807) is 6.08 Å². The summed E-state index contributed by atoms with van der Waals surface area (Å²) in [6, 6.07) is 9.51. The zero-order valence-corrected chi connectivity index (χ0v) is 10.0. The second kappa shape index (κ2) is 6.56. The van der Waals surface area contributed by atoms with Crippen molar-refractivity contribution in [2.75, 3.05) is 6.54 Å². The molecular formula is C13H15N3O2. The van der Waals surface area contributed by atoms with Crippen LogP contribution in [-0.2, 0) is 13.2 Å². The van der Waals surface area contributed by atoms with E-state index in [0.717, 1.165) is 5.75 Å². The molecule has 0 unspecified atom stereocenters. The SMILES string of the molecule is C=CCNCc1nnc(COc2ccccc2)o1. The van der Waals surface area contributed by atoms with E-state index < -0.39 is 0 Å². The van der Waals surface area contributed by atoms with Crippen LogP contribution in [0.25, 0.3) is 0 Å². The van der Waals surface area contributed by atoms with E-state index in [1.807, 2.05) is 30.3 Å². The normalized spacial score (nSPS) is 10.2. The van der Waals surface area contributed by atoms with Gasteiger partial charge in [0.25, 0.3) is 5.89 Å². The van der Waals surface area contributed by atoms with Crippen molar-refractivity contribution in [2.45, 2.75) is 13.2 Å². The minimum Gasteiger partial charge on any atom is -0.484 e. The summed E-state index contributed by atoms with van der Waals surface area (Å²) in [5.74, 6) is 1.79. The van der Waals surface area contributed by atoms with Crippen molar-refractivity contribution < 1.29 is 9.15 Å². The molecule has 0 spiro atoms. The molecule has 0 bridgehead atoms. The number of hydrogen-bond acceptors (Lipinski definition) is 5. The molecule has 2 rings (SSSR count). The summed E-state index contributed by atoms with van der Waals surface area (Å²) in [4.78, 5) is 0. The first kappa shape index (κ1) is 12.3. The van der Waals surface area contributed by atoms with Crippen molar-refractivity contribution in [3.63, 3.8) is 0 Å².